The van der Waals surface area contributed by atoms with Gasteiger partial charge in [0.1, 0.15) is 11.8 Å². The molecule has 0 saturated heterocycles. The molecule has 10 nitrogen and oxygen atoms in total. The number of hydrogen-bond acceptors (Lipinski definition) is 7. The van der Waals surface area contributed by atoms with Crippen molar-refractivity contribution in [2.45, 2.75) is 12.5 Å². The lowest BCUT2D eigenvalue weighted by atomic mass is 10.0. The van der Waals surface area contributed by atoms with Crippen LogP contribution >= 0.6 is 0 Å². The molecule has 0 bridgehead atoms. The van der Waals surface area contributed by atoms with Gasteiger partial charge in [-0.05, 0) is 18.2 Å². The molecule has 158 valence electrons. The third kappa shape index (κ3) is 6.03. The van der Waals surface area contributed by atoms with Crippen molar-refractivity contribution < 1.29 is 28.8 Å². The highest BCUT2D eigenvalue weighted by molar-refractivity contribution is 5.96. The maximum Gasteiger partial charge on any atom is 0.328 e. The number of non-ortho nitro benzene ring substituents is 1. The Morgan fingerprint density at radius 1 is 1.10 bits per heavy atom. The van der Waals surface area contributed by atoms with E-state index in [0.717, 1.165) is 7.11 Å². The van der Waals surface area contributed by atoms with E-state index >= 15 is 0 Å². The Morgan fingerprint density at radius 2 is 1.80 bits per heavy atom. The van der Waals surface area contributed by atoms with Gasteiger partial charge < -0.3 is 20.1 Å². The highest BCUT2D eigenvalue weighted by atomic mass is 16.6. The minimum Gasteiger partial charge on any atom is -0.496 e. The fourth-order valence-corrected chi connectivity index (χ4v) is 2.69. The number of ether oxygens (including phenoxy) is 2. The fraction of sp³-hybridized carbons (Fsp3) is 0.250. The van der Waals surface area contributed by atoms with E-state index in [1.54, 1.807) is 30.3 Å². The Bertz CT molecular complexity index is 931. The molecule has 0 unspecified atom stereocenters. The van der Waals surface area contributed by atoms with Crippen LogP contribution in [0.15, 0.2) is 48.5 Å². The molecule has 10 heteroatoms. The molecule has 2 aromatic carbocycles. The maximum atomic E-state index is 12.3. The van der Waals surface area contributed by atoms with Crippen LogP contribution in [0.1, 0.15) is 15.9 Å². The van der Waals surface area contributed by atoms with Crippen molar-refractivity contribution in [1.29, 1.82) is 0 Å². The Morgan fingerprint density at radius 3 is 2.40 bits per heavy atom. The number of nitrogens with zero attached hydrogens (tertiary/aromatic N) is 1. The van der Waals surface area contributed by atoms with Gasteiger partial charge in [-0.15, -0.1) is 0 Å². The molecule has 2 N–H and O–H groups in total. The summed E-state index contributed by atoms with van der Waals surface area (Å²) in [6.45, 7) is -0.368. The van der Waals surface area contributed by atoms with Gasteiger partial charge in [-0.1, -0.05) is 18.2 Å². The predicted molar refractivity (Wildman–Crippen MR) is 106 cm³/mol. The second-order valence-electron chi connectivity index (χ2n) is 6.15. The van der Waals surface area contributed by atoms with Crippen molar-refractivity contribution in [2.24, 2.45) is 0 Å². The first-order valence-electron chi connectivity index (χ1n) is 8.87. The number of esters is 1. The van der Waals surface area contributed by atoms with Crippen LogP contribution in [-0.4, -0.2) is 49.5 Å². The van der Waals surface area contributed by atoms with E-state index in [-0.39, 0.29) is 18.7 Å². The largest absolute Gasteiger partial charge is 0.496 e. The lowest BCUT2D eigenvalue weighted by Gasteiger charge is -2.18. The molecule has 0 radical (unpaired) electrons. The van der Waals surface area contributed by atoms with Gasteiger partial charge in [0.15, 0.2) is 0 Å². The molecule has 0 aliphatic rings. The van der Waals surface area contributed by atoms with Crippen LogP contribution in [0, 0.1) is 10.1 Å². The zero-order chi connectivity index (χ0) is 22.1. The lowest BCUT2D eigenvalue weighted by Crippen LogP contribution is -2.47. The van der Waals surface area contributed by atoms with Gasteiger partial charge in [0, 0.05) is 29.7 Å². The summed E-state index contributed by atoms with van der Waals surface area (Å²) < 4.78 is 9.90. The van der Waals surface area contributed by atoms with E-state index in [1.807, 2.05) is 0 Å². The Hall–Kier alpha value is -3.95. The van der Waals surface area contributed by atoms with E-state index < -0.39 is 28.7 Å². The van der Waals surface area contributed by atoms with E-state index in [0.29, 0.717) is 16.9 Å². The van der Waals surface area contributed by atoms with E-state index in [1.165, 1.54) is 25.3 Å². The van der Waals surface area contributed by atoms with Crippen LogP contribution in [0.3, 0.4) is 0 Å². The molecule has 0 aliphatic heterocycles. The molecular formula is C20H21N3O7. The summed E-state index contributed by atoms with van der Waals surface area (Å²) in [6.07, 6.45) is -0.101. The first-order valence-corrected chi connectivity index (χ1v) is 8.87. The van der Waals surface area contributed by atoms with Crippen molar-refractivity contribution in [2.75, 3.05) is 20.8 Å². The molecule has 2 aromatic rings. The zero-order valence-corrected chi connectivity index (χ0v) is 16.4. The van der Waals surface area contributed by atoms with Crippen molar-refractivity contribution in [3.8, 4) is 5.75 Å². The van der Waals surface area contributed by atoms with Crippen LogP contribution in [0.5, 0.6) is 5.75 Å². The second-order valence-corrected chi connectivity index (χ2v) is 6.15. The van der Waals surface area contributed by atoms with Gasteiger partial charge >= 0.3 is 5.97 Å². The van der Waals surface area contributed by atoms with Crippen LogP contribution in [0.25, 0.3) is 0 Å². The number of nitrogens with one attached hydrogen (secondary N) is 2. The van der Waals surface area contributed by atoms with Gasteiger partial charge in [0.05, 0.1) is 25.7 Å². The summed E-state index contributed by atoms with van der Waals surface area (Å²) >= 11 is 0. The summed E-state index contributed by atoms with van der Waals surface area (Å²) in [6, 6.07) is 11.1. The van der Waals surface area contributed by atoms with Crippen LogP contribution < -0.4 is 15.4 Å². The number of methoxy groups -OCH3 is 2. The van der Waals surface area contributed by atoms with Crippen molar-refractivity contribution >= 4 is 23.5 Å². The number of hydrogen-bond donors (Lipinski definition) is 2. The molecule has 30 heavy (non-hydrogen) atoms. The molecular weight excluding hydrogens is 394 g/mol. The number of carbonyl (C=O) groups excluding carboxylic acids is 3. The summed E-state index contributed by atoms with van der Waals surface area (Å²) in [5.41, 5.74) is 0.544. The molecule has 0 fully saturated rings. The first kappa shape index (κ1) is 22.3. The van der Waals surface area contributed by atoms with Crippen molar-refractivity contribution in [1.82, 2.24) is 10.6 Å². The van der Waals surface area contributed by atoms with Crippen LogP contribution in [0.2, 0.25) is 0 Å². The standard InChI is InChI=1S/C20H21N3O7/c1-29-17-9-8-15(23(27)28)10-14(17)11-16(20(26)30-2)22-18(24)12-21-19(25)13-6-4-3-5-7-13/h3-10,16H,11-12H2,1-2H3,(H,21,25)(H,22,24)/t16-/m0/s1. The highest BCUT2D eigenvalue weighted by Gasteiger charge is 2.25. The molecule has 2 amide bonds. The van der Waals surface area contributed by atoms with Crippen LogP contribution in [0.4, 0.5) is 5.69 Å². The van der Waals surface area contributed by atoms with Gasteiger partial charge in [0.2, 0.25) is 5.91 Å². The average Bonchev–Trinajstić information content (AvgIpc) is 2.76. The summed E-state index contributed by atoms with van der Waals surface area (Å²) in [5, 5.41) is 16.0. The SMILES string of the molecule is COC(=O)[C@H](Cc1cc([N+](=O)[O-])ccc1OC)NC(=O)CNC(=O)c1ccccc1. The number of nitro groups is 1. The summed E-state index contributed by atoms with van der Waals surface area (Å²) in [4.78, 5) is 46.9. The third-order valence-corrected chi connectivity index (χ3v) is 4.17. The number of rotatable bonds is 9. The van der Waals surface area contributed by atoms with Gasteiger partial charge in [-0.2, -0.15) is 0 Å². The normalized spacial score (nSPS) is 11.1. The van der Waals surface area contributed by atoms with Crippen molar-refractivity contribution in [3.63, 3.8) is 0 Å². The molecule has 2 rings (SSSR count). The van der Waals surface area contributed by atoms with Gasteiger partial charge in [-0.3, -0.25) is 19.7 Å². The fourth-order valence-electron chi connectivity index (χ4n) is 2.69. The zero-order valence-electron chi connectivity index (χ0n) is 16.4. The Balaban J connectivity index is 2.08. The summed E-state index contributed by atoms with van der Waals surface area (Å²) in [5.74, 6) is -1.49. The average molecular weight is 415 g/mol. The molecule has 0 aliphatic carbocycles. The molecule has 1 atom stereocenters. The predicted octanol–water partition coefficient (Wildman–Crippen LogP) is 1.23. The van der Waals surface area contributed by atoms with Crippen LogP contribution in [-0.2, 0) is 20.7 Å². The summed E-state index contributed by atoms with van der Waals surface area (Å²) in [7, 11) is 2.54. The first-order chi connectivity index (χ1) is 14.3. The van der Waals surface area contributed by atoms with E-state index in [2.05, 4.69) is 10.6 Å². The molecule has 0 aromatic heterocycles. The quantitative estimate of drug-likeness (QED) is 0.357. The molecule has 0 heterocycles. The Kier molecular flexibility index (Phi) is 7.86. The molecule has 0 spiro atoms. The lowest BCUT2D eigenvalue weighted by molar-refractivity contribution is -0.384. The van der Waals surface area contributed by atoms with Gasteiger partial charge in [-0.25, -0.2) is 4.79 Å². The number of benzene rings is 2. The topological polar surface area (TPSA) is 137 Å². The van der Waals surface area contributed by atoms with E-state index in [4.69, 9.17) is 9.47 Å². The van der Waals surface area contributed by atoms with E-state index in [9.17, 15) is 24.5 Å². The number of nitro benzene ring substituents is 1. The van der Waals surface area contributed by atoms with Crippen molar-refractivity contribution in [3.05, 3.63) is 69.8 Å². The van der Waals surface area contributed by atoms with Gasteiger partial charge in [0.25, 0.3) is 11.6 Å². The smallest absolute Gasteiger partial charge is 0.328 e. The Labute approximate surface area is 172 Å². The third-order valence-electron chi connectivity index (χ3n) is 4.17. The minimum atomic E-state index is -1.13. The number of carbonyl (C=O) groups is 3. The number of amides is 2. The maximum absolute atomic E-state index is 12.3. The highest BCUT2D eigenvalue weighted by Crippen LogP contribution is 2.25. The molecule has 0 saturated carbocycles. The minimum absolute atomic E-state index is 0.101. The second kappa shape index (κ2) is 10.6. The monoisotopic (exact) mass is 415 g/mol.